The third-order valence-corrected chi connectivity index (χ3v) is 2.55. The molecule has 0 bridgehead atoms. The standard InChI is InChI=1S/C10H12O3S/c1-8(2)6-9-4-3-5-10(7-9)14(11,12)13/h3-5,7H,1,6H2,2H3,(H,11,12,13). The van der Waals surface area contributed by atoms with Gasteiger partial charge in [0, 0.05) is 0 Å². The van der Waals surface area contributed by atoms with Gasteiger partial charge in [0.2, 0.25) is 0 Å². The molecule has 0 spiro atoms. The molecule has 14 heavy (non-hydrogen) atoms. The molecule has 1 N–H and O–H groups in total. The first-order valence-electron chi connectivity index (χ1n) is 4.10. The van der Waals surface area contributed by atoms with Crippen LogP contribution >= 0.6 is 0 Å². The van der Waals surface area contributed by atoms with Crippen molar-refractivity contribution in [2.24, 2.45) is 0 Å². The van der Waals surface area contributed by atoms with Crippen molar-refractivity contribution >= 4 is 10.1 Å². The zero-order valence-electron chi connectivity index (χ0n) is 7.90. The van der Waals surface area contributed by atoms with Gasteiger partial charge >= 0.3 is 0 Å². The molecule has 0 amide bonds. The summed E-state index contributed by atoms with van der Waals surface area (Å²) in [4.78, 5) is -0.0729. The highest BCUT2D eigenvalue weighted by molar-refractivity contribution is 7.85. The maximum absolute atomic E-state index is 10.8. The Kier molecular flexibility index (Phi) is 3.08. The average molecular weight is 212 g/mol. The maximum Gasteiger partial charge on any atom is 0.294 e. The Bertz CT molecular complexity index is 446. The van der Waals surface area contributed by atoms with Crippen molar-refractivity contribution in [1.82, 2.24) is 0 Å². The molecule has 0 aliphatic heterocycles. The van der Waals surface area contributed by atoms with Gasteiger partial charge in [0.05, 0.1) is 4.90 Å². The van der Waals surface area contributed by atoms with E-state index in [4.69, 9.17) is 4.55 Å². The van der Waals surface area contributed by atoms with Crippen LogP contribution in [0, 0.1) is 0 Å². The normalized spacial score (nSPS) is 11.3. The fourth-order valence-corrected chi connectivity index (χ4v) is 1.72. The summed E-state index contributed by atoms with van der Waals surface area (Å²) < 4.78 is 30.4. The van der Waals surface area contributed by atoms with E-state index in [-0.39, 0.29) is 4.90 Å². The molecule has 4 heteroatoms. The van der Waals surface area contributed by atoms with Crippen LogP contribution in [-0.4, -0.2) is 13.0 Å². The zero-order chi connectivity index (χ0) is 10.8. The highest BCUT2D eigenvalue weighted by Gasteiger charge is 2.09. The van der Waals surface area contributed by atoms with Crippen molar-refractivity contribution in [3.63, 3.8) is 0 Å². The summed E-state index contributed by atoms with van der Waals surface area (Å²) in [6.07, 6.45) is 0.614. The first kappa shape index (κ1) is 10.9. The molecule has 0 unspecified atom stereocenters. The van der Waals surface area contributed by atoms with E-state index in [2.05, 4.69) is 6.58 Å². The third kappa shape index (κ3) is 2.97. The molecule has 0 atom stereocenters. The summed E-state index contributed by atoms with van der Waals surface area (Å²) in [5.74, 6) is 0. The van der Waals surface area contributed by atoms with Crippen LogP contribution in [-0.2, 0) is 16.5 Å². The van der Waals surface area contributed by atoms with Gasteiger partial charge in [-0.3, -0.25) is 4.55 Å². The van der Waals surface area contributed by atoms with E-state index in [9.17, 15) is 8.42 Å². The minimum atomic E-state index is -4.09. The van der Waals surface area contributed by atoms with Crippen LogP contribution in [0.15, 0.2) is 41.3 Å². The molecule has 0 aliphatic rings. The SMILES string of the molecule is C=C(C)Cc1cccc(S(=O)(=O)O)c1. The predicted octanol–water partition coefficient (Wildman–Crippen LogP) is 2.05. The lowest BCUT2D eigenvalue weighted by Gasteiger charge is -2.02. The number of allylic oxidation sites excluding steroid dienone is 1. The van der Waals surface area contributed by atoms with E-state index in [1.165, 1.54) is 12.1 Å². The van der Waals surface area contributed by atoms with E-state index in [0.29, 0.717) is 6.42 Å². The Hall–Kier alpha value is -1.13. The van der Waals surface area contributed by atoms with Crippen LogP contribution < -0.4 is 0 Å². The molecule has 0 aliphatic carbocycles. The lowest BCUT2D eigenvalue weighted by molar-refractivity contribution is 0.483. The van der Waals surface area contributed by atoms with Gasteiger partial charge in [-0.2, -0.15) is 8.42 Å². The molecular formula is C10H12O3S. The quantitative estimate of drug-likeness (QED) is 0.616. The fourth-order valence-electron chi connectivity index (χ4n) is 1.16. The van der Waals surface area contributed by atoms with Crippen molar-refractivity contribution in [1.29, 1.82) is 0 Å². The summed E-state index contributed by atoms with van der Waals surface area (Å²) >= 11 is 0. The molecule has 3 nitrogen and oxygen atoms in total. The van der Waals surface area contributed by atoms with Gasteiger partial charge in [0.15, 0.2) is 0 Å². The van der Waals surface area contributed by atoms with Gasteiger partial charge in [-0.25, -0.2) is 0 Å². The lowest BCUT2D eigenvalue weighted by Crippen LogP contribution is -1.98. The van der Waals surface area contributed by atoms with Gasteiger partial charge in [0.1, 0.15) is 0 Å². The molecular weight excluding hydrogens is 200 g/mol. The van der Waals surface area contributed by atoms with E-state index in [1.807, 2.05) is 6.92 Å². The van der Waals surface area contributed by atoms with Crippen molar-refractivity contribution in [3.05, 3.63) is 42.0 Å². The van der Waals surface area contributed by atoms with Crippen LogP contribution in [0.5, 0.6) is 0 Å². The number of benzene rings is 1. The van der Waals surface area contributed by atoms with Gasteiger partial charge in [-0.15, -0.1) is 0 Å². The molecule has 0 saturated heterocycles. The van der Waals surface area contributed by atoms with Gasteiger partial charge in [-0.1, -0.05) is 24.3 Å². The Balaban J connectivity index is 3.08. The molecule has 0 saturated carbocycles. The van der Waals surface area contributed by atoms with Crippen molar-refractivity contribution < 1.29 is 13.0 Å². The first-order chi connectivity index (χ1) is 6.39. The van der Waals surface area contributed by atoms with Crippen LogP contribution in [0.4, 0.5) is 0 Å². The Morgan fingerprint density at radius 1 is 1.50 bits per heavy atom. The summed E-state index contributed by atoms with van der Waals surface area (Å²) in [5.41, 5.74) is 1.77. The van der Waals surface area contributed by atoms with Gasteiger partial charge in [0.25, 0.3) is 10.1 Å². The van der Waals surface area contributed by atoms with Crippen molar-refractivity contribution in [2.75, 3.05) is 0 Å². The second-order valence-electron chi connectivity index (χ2n) is 3.26. The molecule has 76 valence electrons. The monoisotopic (exact) mass is 212 g/mol. The van der Waals surface area contributed by atoms with Crippen molar-refractivity contribution in [3.8, 4) is 0 Å². The molecule has 0 radical (unpaired) electrons. The summed E-state index contributed by atoms with van der Waals surface area (Å²) in [5, 5.41) is 0. The maximum atomic E-state index is 10.8. The van der Waals surface area contributed by atoms with E-state index < -0.39 is 10.1 Å². The summed E-state index contributed by atoms with van der Waals surface area (Å²) in [6.45, 7) is 5.59. The zero-order valence-corrected chi connectivity index (χ0v) is 8.71. The van der Waals surface area contributed by atoms with Crippen LogP contribution in [0.3, 0.4) is 0 Å². The summed E-state index contributed by atoms with van der Waals surface area (Å²) in [6, 6.07) is 6.20. The second-order valence-corrected chi connectivity index (χ2v) is 4.68. The number of hydrogen-bond donors (Lipinski definition) is 1. The van der Waals surface area contributed by atoms with E-state index in [1.54, 1.807) is 12.1 Å². The van der Waals surface area contributed by atoms with Crippen LogP contribution in [0.25, 0.3) is 0 Å². The Labute approximate surface area is 83.8 Å². The number of hydrogen-bond acceptors (Lipinski definition) is 2. The second kappa shape index (κ2) is 3.94. The highest BCUT2D eigenvalue weighted by atomic mass is 32.2. The first-order valence-corrected chi connectivity index (χ1v) is 5.54. The van der Waals surface area contributed by atoms with Crippen molar-refractivity contribution in [2.45, 2.75) is 18.2 Å². The minimum Gasteiger partial charge on any atom is -0.282 e. The number of rotatable bonds is 3. The largest absolute Gasteiger partial charge is 0.294 e. The van der Waals surface area contributed by atoms with E-state index in [0.717, 1.165) is 11.1 Å². The fraction of sp³-hybridized carbons (Fsp3) is 0.200. The van der Waals surface area contributed by atoms with Gasteiger partial charge in [-0.05, 0) is 31.0 Å². The topological polar surface area (TPSA) is 54.4 Å². The highest BCUT2D eigenvalue weighted by Crippen LogP contribution is 2.13. The smallest absolute Gasteiger partial charge is 0.282 e. The predicted molar refractivity (Wildman–Crippen MR) is 54.8 cm³/mol. The van der Waals surface area contributed by atoms with Gasteiger partial charge < -0.3 is 0 Å². The molecule has 1 rings (SSSR count). The third-order valence-electron chi connectivity index (χ3n) is 1.70. The van der Waals surface area contributed by atoms with E-state index >= 15 is 0 Å². The molecule has 0 fully saturated rings. The Morgan fingerprint density at radius 2 is 2.14 bits per heavy atom. The van der Waals surface area contributed by atoms with Crippen LogP contribution in [0.2, 0.25) is 0 Å². The molecule has 1 aromatic rings. The van der Waals surface area contributed by atoms with Crippen LogP contribution in [0.1, 0.15) is 12.5 Å². The molecule has 0 heterocycles. The molecule has 1 aromatic carbocycles. The summed E-state index contributed by atoms with van der Waals surface area (Å²) in [7, 11) is -4.09. The molecule has 0 aromatic heterocycles. The average Bonchev–Trinajstić information content (AvgIpc) is 2.01. The minimum absolute atomic E-state index is 0.0729. The lowest BCUT2D eigenvalue weighted by atomic mass is 10.1. The Morgan fingerprint density at radius 3 is 2.64 bits per heavy atom.